The van der Waals surface area contributed by atoms with Gasteiger partial charge in [-0.25, -0.2) is 15.0 Å². The van der Waals surface area contributed by atoms with Gasteiger partial charge in [0.25, 0.3) is 0 Å². The van der Waals surface area contributed by atoms with Gasteiger partial charge in [-0.05, 0) is 25.0 Å². The maximum absolute atomic E-state index is 6.09. The fourth-order valence-electron chi connectivity index (χ4n) is 1.75. The van der Waals surface area contributed by atoms with Gasteiger partial charge in [0.05, 0.1) is 0 Å². The van der Waals surface area contributed by atoms with Crippen LogP contribution >= 0.6 is 0 Å². The normalized spacial score (nSPS) is 10.3. The Morgan fingerprint density at radius 2 is 1.95 bits per heavy atom. The second-order valence-electron chi connectivity index (χ2n) is 4.56. The molecule has 0 unspecified atom stereocenters. The minimum Gasteiger partial charge on any atom is -0.393 e. The molecule has 0 saturated carbocycles. The van der Waals surface area contributed by atoms with Gasteiger partial charge in [0, 0.05) is 12.7 Å². The summed E-state index contributed by atoms with van der Waals surface area (Å²) in [4.78, 5) is 12.6. The van der Waals surface area contributed by atoms with Crippen LogP contribution in [0.2, 0.25) is 0 Å². The van der Waals surface area contributed by atoms with Crippen molar-refractivity contribution in [1.82, 2.24) is 15.0 Å². The number of aromatic nitrogens is 3. The van der Waals surface area contributed by atoms with Gasteiger partial charge in [-0.1, -0.05) is 19.4 Å². The topological polar surface area (TPSA) is 88.8 Å². The van der Waals surface area contributed by atoms with E-state index in [0.717, 1.165) is 30.8 Å². The van der Waals surface area contributed by atoms with Crippen LogP contribution < -0.4 is 16.4 Å². The lowest BCUT2D eigenvalue weighted by atomic mass is 10.3. The highest BCUT2D eigenvalue weighted by Gasteiger charge is 2.09. The molecular weight excluding hydrogens is 252 g/mol. The van der Waals surface area contributed by atoms with E-state index < -0.39 is 0 Å². The van der Waals surface area contributed by atoms with E-state index >= 15 is 0 Å². The number of aryl methyl sites for hydroxylation is 1. The van der Waals surface area contributed by atoms with Gasteiger partial charge in [-0.2, -0.15) is 0 Å². The molecule has 0 spiro atoms. The van der Waals surface area contributed by atoms with Gasteiger partial charge in [0.2, 0.25) is 0 Å². The van der Waals surface area contributed by atoms with Crippen molar-refractivity contribution in [2.75, 3.05) is 22.9 Å². The molecule has 106 valence electrons. The van der Waals surface area contributed by atoms with Gasteiger partial charge in [0.15, 0.2) is 11.6 Å². The van der Waals surface area contributed by atoms with Gasteiger partial charge in [-0.3, -0.25) is 0 Å². The van der Waals surface area contributed by atoms with E-state index in [1.807, 2.05) is 19.1 Å². The number of hydrogen-bond acceptors (Lipinski definition) is 6. The standard InChI is InChI=1S/C14H20N6/c1-3-4-7-17-13-11(15)14(19-9-18-13)20-12-10(2)6-5-8-16-12/h5-6,8-9H,3-4,7,15H2,1-2H3,(H2,16,17,18,19,20). The molecule has 0 atom stereocenters. The minimum atomic E-state index is 0.508. The minimum absolute atomic E-state index is 0.508. The van der Waals surface area contributed by atoms with E-state index in [2.05, 4.69) is 32.5 Å². The van der Waals surface area contributed by atoms with E-state index in [1.165, 1.54) is 6.33 Å². The van der Waals surface area contributed by atoms with Crippen molar-refractivity contribution in [2.45, 2.75) is 26.7 Å². The van der Waals surface area contributed by atoms with E-state index in [4.69, 9.17) is 5.73 Å². The number of hydrogen-bond donors (Lipinski definition) is 3. The Morgan fingerprint density at radius 1 is 1.15 bits per heavy atom. The van der Waals surface area contributed by atoms with Crippen LogP contribution in [0.3, 0.4) is 0 Å². The molecule has 0 fully saturated rings. The first-order chi connectivity index (χ1) is 9.72. The predicted molar refractivity (Wildman–Crippen MR) is 82.1 cm³/mol. The van der Waals surface area contributed by atoms with Crippen molar-refractivity contribution in [2.24, 2.45) is 0 Å². The van der Waals surface area contributed by atoms with Gasteiger partial charge in [-0.15, -0.1) is 0 Å². The molecule has 0 aliphatic carbocycles. The first kappa shape index (κ1) is 14.0. The van der Waals surface area contributed by atoms with Crippen LogP contribution in [0, 0.1) is 6.92 Å². The highest BCUT2D eigenvalue weighted by molar-refractivity contribution is 5.77. The summed E-state index contributed by atoms with van der Waals surface area (Å²) in [5.41, 5.74) is 7.63. The lowest BCUT2D eigenvalue weighted by Crippen LogP contribution is -2.09. The number of anilines is 4. The molecule has 2 heterocycles. The van der Waals surface area contributed by atoms with Crippen LogP contribution in [0.1, 0.15) is 25.3 Å². The van der Waals surface area contributed by atoms with E-state index in [9.17, 15) is 0 Å². The largest absolute Gasteiger partial charge is 0.393 e. The average Bonchev–Trinajstić information content (AvgIpc) is 2.45. The van der Waals surface area contributed by atoms with Crippen LogP contribution in [0.25, 0.3) is 0 Å². The number of pyridine rings is 1. The Morgan fingerprint density at radius 3 is 2.70 bits per heavy atom. The molecule has 2 aromatic heterocycles. The maximum atomic E-state index is 6.09. The third-order valence-corrected chi connectivity index (χ3v) is 2.95. The van der Waals surface area contributed by atoms with Crippen molar-refractivity contribution < 1.29 is 0 Å². The average molecular weight is 272 g/mol. The van der Waals surface area contributed by atoms with Crippen molar-refractivity contribution in [3.05, 3.63) is 30.2 Å². The Kier molecular flexibility index (Phi) is 4.70. The molecule has 0 radical (unpaired) electrons. The van der Waals surface area contributed by atoms with E-state index in [0.29, 0.717) is 17.3 Å². The molecule has 6 heteroatoms. The lowest BCUT2D eigenvalue weighted by molar-refractivity contribution is 0.831. The van der Waals surface area contributed by atoms with Crippen LogP contribution in [-0.4, -0.2) is 21.5 Å². The Labute approximate surface area is 118 Å². The van der Waals surface area contributed by atoms with Crippen LogP contribution in [0.15, 0.2) is 24.7 Å². The number of unbranched alkanes of at least 4 members (excludes halogenated alkanes) is 1. The Hall–Kier alpha value is -2.37. The Balaban J connectivity index is 2.16. The predicted octanol–water partition coefficient (Wildman–Crippen LogP) is 2.72. The molecule has 0 aliphatic heterocycles. The highest BCUT2D eigenvalue weighted by Crippen LogP contribution is 2.25. The lowest BCUT2D eigenvalue weighted by Gasteiger charge is -2.12. The molecule has 0 amide bonds. The van der Waals surface area contributed by atoms with E-state index in [-0.39, 0.29) is 0 Å². The van der Waals surface area contributed by atoms with Crippen molar-refractivity contribution in [3.63, 3.8) is 0 Å². The van der Waals surface area contributed by atoms with Gasteiger partial charge >= 0.3 is 0 Å². The molecule has 0 saturated heterocycles. The first-order valence-corrected chi connectivity index (χ1v) is 6.75. The summed E-state index contributed by atoms with van der Waals surface area (Å²) in [6, 6.07) is 3.87. The fourth-order valence-corrected chi connectivity index (χ4v) is 1.75. The third-order valence-electron chi connectivity index (χ3n) is 2.95. The monoisotopic (exact) mass is 272 g/mol. The highest BCUT2D eigenvalue weighted by atomic mass is 15.1. The van der Waals surface area contributed by atoms with Crippen molar-refractivity contribution in [3.8, 4) is 0 Å². The summed E-state index contributed by atoms with van der Waals surface area (Å²) < 4.78 is 0. The van der Waals surface area contributed by atoms with Crippen molar-refractivity contribution >= 4 is 23.1 Å². The summed E-state index contributed by atoms with van der Waals surface area (Å²) >= 11 is 0. The molecular formula is C14H20N6. The SMILES string of the molecule is CCCCNc1ncnc(Nc2ncccc2C)c1N. The van der Waals surface area contributed by atoms with Crippen LogP contribution in [0.4, 0.5) is 23.1 Å². The van der Waals surface area contributed by atoms with Gasteiger partial charge in [0.1, 0.15) is 17.8 Å². The van der Waals surface area contributed by atoms with Crippen molar-refractivity contribution in [1.29, 1.82) is 0 Å². The number of nitrogens with two attached hydrogens (primary N) is 1. The zero-order valence-electron chi connectivity index (χ0n) is 11.8. The molecule has 2 aromatic rings. The second kappa shape index (κ2) is 6.70. The first-order valence-electron chi connectivity index (χ1n) is 6.75. The molecule has 20 heavy (non-hydrogen) atoms. The molecule has 0 aliphatic rings. The number of nitrogens with one attached hydrogen (secondary N) is 2. The quantitative estimate of drug-likeness (QED) is 0.701. The fraction of sp³-hybridized carbons (Fsp3) is 0.357. The molecule has 0 bridgehead atoms. The second-order valence-corrected chi connectivity index (χ2v) is 4.56. The summed E-state index contributed by atoms with van der Waals surface area (Å²) in [6.07, 6.45) is 5.42. The molecule has 6 nitrogen and oxygen atoms in total. The summed E-state index contributed by atoms with van der Waals surface area (Å²) in [6.45, 7) is 4.97. The number of nitrogen functional groups attached to an aromatic ring is 1. The van der Waals surface area contributed by atoms with Crippen LogP contribution in [0.5, 0.6) is 0 Å². The zero-order chi connectivity index (χ0) is 14.4. The summed E-state index contributed by atoms with van der Waals surface area (Å²) in [5.74, 6) is 1.97. The Bertz CT molecular complexity index is 569. The number of nitrogens with zero attached hydrogens (tertiary/aromatic N) is 3. The summed E-state index contributed by atoms with van der Waals surface area (Å²) in [5, 5.41) is 6.36. The maximum Gasteiger partial charge on any atom is 0.160 e. The van der Waals surface area contributed by atoms with Crippen LogP contribution in [-0.2, 0) is 0 Å². The molecule has 4 N–H and O–H groups in total. The summed E-state index contributed by atoms with van der Waals surface area (Å²) in [7, 11) is 0. The van der Waals surface area contributed by atoms with Gasteiger partial charge < -0.3 is 16.4 Å². The third kappa shape index (κ3) is 3.34. The zero-order valence-corrected chi connectivity index (χ0v) is 11.8. The molecule has 2 rings (SSSR count). The number of rotatable bonds is 6. The smallest absolute Gasteiger partial charge is 0.160 e. The molecule has 0 aromatic carbocycles. The van der Waals surface area contributed by atoms with E-state index in [1.54, 1.807) is 6.20 Å².